The standard InChI is InChI=1S/C19H21NO2/c1-13-7-9-15(10-8-13)16-17(19(22)18(16)21)20-12-11-14-5-3-2-4-6-14/h5,7-10,20H,2-4,6,11-12H2,1H3. The van der Waals surface area contributed by atoms with E-state index in [0.29, 0.717) is 11.3 Å². The first-order valence-electron chi connectivity index (χ1n) is 7.99. The van der Waals surface area contributed by atoms with Gasteiger partial charge in [0.1, 0.15) is 0 Å². The molecule has 0 spiro atoms. The lowest BCUT2D eigenvalue weighted by molar-refractivity contribution is 0.679. The number of rotatable bonds is 5. The predicted molar refractivity (Wildman–Crippen MR) is 91.2 cm³/mol. The van der Waals surface area contributed by atoms with Gasteiger partial charge in [0.15, 0.2) is 0 Å². The smallest absolute Gasteiger partial charge is 0.250 e. The average Bonchev–Trinajstić information content (AvgIpc) is 2.56. The van der Waals surface area contributed by atoms with Gasteiger partial charge in [0, 0.05) is 6.54 Å². The van der Waals surface area contributed by atoms with Crippen LogP contribution < -0.4 is 16.2 Å². The molecule has 0 saturated heterocycles. The van der Waals surface area contributed by atoms with Gasteiger partial charge >= 0.3 is 0 Å². The third-order valence-electron chi connectivity index (χ3n) is 4.38. The Morgan fingerprint density at radius 3 is 2.50 bits per heavy atom. The van der Waals surface area contributed by atoms with Gasteiger partial charge in [0.2, 0.25) is 10.9 Å². The Morgan fingerprint density at radius 2 is 1.82 bits per heavy atom. The van der Waals surface area contributed by atoms with Crippen LogP contribution in [0, 0.1) is 6.92 Å². The van der Waals surface area contributed by atoms with E-state index >= 15 is 0 Å². The van der Waals surface area contributed by atoms with Crippen molar-refractivity contribution in [1.29, 1.82) is 0 Å². The van der Waals surface area contributed by atoms with Gasteiger partial charge in [-0.3, -0.25) is 9.59 Å². The number of nitrogens with one attached hydrogen (secondary N) is 1. The second-order valence-electron chi connectivity index (χ2n) is 6.06. The molecule has 2 aromatic rings. The second kappa shape index (κ2) is 6.30. The maximum atomic E-state index is 11.9. The summed E-state index contributed by atoms with van der Waals surface area (Å²) >= 11 is 0. The summed E-state index contributed by atoms with van der Waals surface area (Å²) in [7, 11) is 0. The Kier molecular flexibility index (Phi) is 4.23. The molecule has 3 nitrogen and oxygen atoms in total. The molecular weight excluding hydrogens is 274 g/mol. The number of allylic oxidation sites excluding steroid dienone is 1. The highest BCUT2D eigenvalue weighted by molar-refractivity contribution is 5.81. The van der Waals surface area contributed by atoms with Crippen LogP contribution in [0.4, 0.5) is 5.69 Å². The molecule has 3 heteroatoms. The zero-order chi connectivity index (χ0) is 15.5. The third-order valence-corrected chi connectivity index (χ3v) is 4.38. The zero-order valence-corrected chi connectivity index (χ0v) is 12.9. The van der Waals surface area contributed by atoms with Crippen molar-refractivity contribution in [3.63, 3.8) is 0 Å². The minimum absolute atomic E-state index is 0.372. The van der Waals surface area contributed by atoms with Gasteiger partial charge < -0.3 is 5.32 Å². The molecule has 0 amide bonds. The Hall–Kier alpha value is -2.16. The first kappa shape index (κ1) is 14.8. The molecule has 2 aromatic carbocycles. The van der Waals surface area contributed by atoms with E-state index in [2.05, 4.69) is 11.4 Å². The van der Waals surface area contributed by atoms with E-state index < -0.39 is 0 Å². The van der Waals surface area contributed by atoms with Gasteiger partial charge in [-0.2, -0.15) is 0 Å². The minimum Gasteiger partial charge on any atom is -0.381 e. The molecule has 3 rings (SSSR count). The third kappa shape index (κ3) is 2.89. The number of anilines is 1. The first-order chi connectivity index (χ1) is 10.7. The molecule has 0 bridgehead atoms. The molecule has 1 N–H and O–H groups in total. The van der Waals surface area contributed by atoms with Crippen LogP contribution in [0.25, 0.3) is 11.1 Å². The van der Waals surface area contributed by atoms with Crippen LogP contribution in [0.15, 0.2) is 45.5 Å². The number of hydrogen-bond donors (Lipinski definition) is 1. The van der Waals surface area contributed by atoms with Gasteiger partial charge in [0.05, 0.1) is 11.3 Å². The lowest BCUT2D eigenvalue weighted by Crippen LogP contribution is -2.36. The Labute approximate surface area is 130 Å². The fourth-order valence-electron chi connectivity index (χ4n) is 3.04. The van der Waals surface area contributed by atoms with Crippen molar-refractivity contribution in [1.82, 2.24) is 0 Å². The van der Waals surface area contributed by atoms with Gasteiger partial charge in [0.25, 0.3) is 0 Å². The maximum absolute atomic E-state index is 11.9. The van der Waals surface area contributed by atoms with E-state index in [1.807, 2.05) is 31.2 Å². The average molecular weight is 295 g/mol. The summed E-state index contributed by atoms with van der Waals surface area (Å²) in [5.74, 6) is 0. The molecule has 114 valence electrons. The summed E-state index contributed by atoms with van der Waals surface area (Å²) in [5.41, 5.74) is 3.72. The Morgan fingerprint density at radius 1 is 1.05 bits per heavy atom. The number of hydrogen-bond acceptors (Lipinski definition) is 3. The van der Waals surface area contributed by atoms with E-state index in [1.165, 1.54) is 31.3 Å². The van der Waals surface area contributed by atoms with Crippen LogP contribution in [-0.2, 0) is 0 Å². The van der Waals surface area contributed by atoms with Crippen LogP contribution in [0.2, 0.25) is 0 Å². The predicted octanol–water partition coefficient (Wildman–Crippen LogP) is 3.56. The van der Waals surface area contributed by atoms with E-state index in [0.717, 1.165) is 24.1 Å². The van der Waals surface area contributed by atoms with Crippen molar-refractivity contribution in [2.45, 2.75) is 39.0 Å². The quantitative estimate of drug-likeness (QED) is 0.677. The topological polar surface area (TPSA) is 46.2 Å². The summed E-state index contributed by atoms with van der Waals surface area (Å²) in [5, 5.41) is 3.18. The summed E-state index contributed by atoms with van der Waals surface area (Å²) < 4.78 is 0. The van der Waals surface area contributed by atoms with Crippen molar-refractivity contribution in [3.05, 3.63) is 61.9 Å². The molecule has 0 aliphatic heterocycles. The fourth-order valence-corrected chi connectivity index (χ4v) is 3.04. The van der Waals surface area contributed by atoms with Crippen LogP contribution in [0.1, 0.15) is 37.7 Å². The normalized spacial score (nSPS) is 14.9. The highest BCUT2D eigenvalue weighted by Gasteiger charge is 2.21. The summed E-state index contributed by atoms with van der Waals surface area (Å²) in [6, 6.07) is 7.73. The molecule has 1 aliphatic carbocycles. The monoisotopic (exact) mass is 295 g/mol. The number of benzene rings is 1. The SMILES string of the molecule is Cc1ccc(-c2c(NCCC3=CCCCC3)c(=O)c2=O)cc1. The lowest BCUT2D eigenvalue weighted by atomic mass is 9.96. The molecule has 0 unspecified atom stereocenters. The number of aryl methyl sites for hydroxylation is 1. The highest BCUT2D eigenvalue weighted by Crippen LogP contribution is 2.25. The molecule has 0 heterocycles. The lowest BCUT2D eigenvalue weighted by Gasteiger charge is -2.16. The highest BCUT2D eigenvalue weighted by atomic mass is 16.2. The molecule has 1 aliphatic rings. The Bertz CT molecular complexity index is 762. The van der Waals surface area contributed by atoms with Crippen molar-refractivity contribution < 1.29 is 0 Å². The molecule has 0 aromatic heterocycles. The van der Waals surface area contributed by atoms with E-state index in [4.69, 9.17) is 0 Å². The van der Waals surface area contributed by atoms with Crippen molar-refractivity contribution in [2.24, 2.45) is 0 Å². The molecule has 0 radical (unpaired) electrons. The van der Waals surface area contributed by atoms with Crippen LogP contribution in [-0.4, -0.2) is 6.54 Å². The van der Waals surface area contributed by atoms with Crippen molar-refractivity contribution >= 4 is 5.69 Å². The molecular formula is C19H21NO2. The Balaban J connectivity index is 1.71. The van der Waals surface area contributed by atoms with E-state index in [-0.39, 0.29) is 10.9 Å². The van der Waals surface area contributed by atoms with Crippen molar-refractivity contribution in [3.8, 4) is 11.1 Å². The van der Waals surface area contributed by atoms with Crippen LogP contribution in [0.3, 0.4) is 0 Å². The first-order valence-corrected chi connectivity index (χ1v) is 7.99. The molecule has 0 fully saturated rings. The second-order valence-corrected chi connectivity index (χ2v) is 6.06. The zero-order valence-electron chi connectivity index (χ0n) is 12.9. The molecule has 22 heavy (non-hydrogen) atoms. The maximum Gasteiger partial charge on any atom is 0.250 e. The largest absolute Gasteiger partial charge is 0.381 e. The molecule has 0 saturated carbocycles. The summed E-state index contributed by atoms with van der Waals surface area (Å²) in [6.07, 6.45) is 8.15. The summed E-state index contributed by atoms with van der Waals surface area (Å²) in [6.45, 7) is 2.72. The van der Waals surface area contributed by atoms with Crippen LogP contribution >= 0.6 is 0 Å². The van der Waals surface area contributed by atoms with Crippen molar-refractivity contribution in [2.75, 3.05) is 11.9 Å². The van der Waals surface area contributed by atoms with E-state index in [9.17, 15) is 9.59 Å². The van der Waals surface area contributed by atoms with Gasteiger partial charge in [-0.25, -0.2) is 0 Å². The minimum atomic E-state index is -0.381. The molecule has 0 atom stereocenters. The van der Waals surface area contributed by atoms with Gasteiger partial charge in [-0.05, 0) is 44.6 Å². The summed E-state index contributed by atoms with van der Waals surface area (Å²) in [4.78, 5) is 23.7. The van der Waals surface area contributed by atoms with Crippen LogP contribution in [0.5, 0.6) is 0 Å². The fraction of sp³-hybridized carbons (Fsp3) is 0.368. The van der Waals surface area contributed by atoms with Gasteiger partial charge in [-0.1, -0.05) is 41.5 Å². The van der Waals surface area contributed by atoms with E-state index in [1.54, 1.807) is 0 Å². The van der Waals surface area contributed by atoms with Gasteiger partial charge in [-0.15, -0.1) is 0 Å².